The van der Waals surface area contributed by atoms with Gasteiger partial charge in [-0.1, -0.05) is 15.9 Å². The third-order valence-corrected chi connectivity index (χ3v) is 2.10. The SMILES string of the molecule is Nc1cc(F)c(CBr)c(OC(F)(F)F)c1. The fourth-order valence-electron chi connectivity index (χ4n) is 0.977. The fraction of sp³-hybridized carbons (Fsp3) is 0.250. The van der Waals surface area contributed by atoms with Gasteiger partial charge in [-0.15, -0.1) is 13.2 Å². The van der Waals surface area contributed by atoms with Crippen molar-refractivity contribution in [2.24, 2.45) is 0 Å². The van der Waals surface area contributed by atoms with Gasteiger partial charge in [-0.3, -0.25) is 0 Å². The molecule has 7 heteroatoms. The van der Waals surface area contributed by atoms with Crippen LogP contribution in [0.3, 0.4) is 0 Å². The van der Waals surface area contributed by atoms with E-state index in [9.17, 15) is 17.6 Å². The third kappa shape index (κ3) is 3.26. The summed E-state index contributed by atoms with van der Waals surface area (Å²) < 4.78 is 52.5. The van der Waals surface area contributed by atoms with Gasteiger partial charge in [-0.25, -0.2) is 4.39 Å². The predicted octanol–water partition coefficient (Wildman–Crippen LogP) is 3.20. The first-order valence-corrected chi connectivity index (χ1v) is 4.85. The molecule has 2 nitrogen and oxygen atoms in total. The average Bonchev–Trinajstić information content (AvgIpc) is 1.99. The first-order valence-electron chi connectivity index (χ1n) is 3.73. The topological polar surface area (TPSA) is 35.2 Å². The average molecular weight is 288 g/mol. The number of rotatable bonds is 2. The van der Waals surface area contributed by atoms with E-state index in [0.29, 0.717) is 0 Å². The summed E-state index contributed by atoms with van der Waals surface area (Å²) in [5.74, 6) is -1.47. The van der Waals surface area contributed by atoms with Gasteiger partial charge in [-0.05, 0) is 6.07 Å². The number of anilines is 1. The van der Waals surface area contributed by atoms with E-state index >= 15 is 0 Å². The molecule has 0 unspecified atom stereocenters. The van der Waals surface area contributed by atoms with Gasteiger partial charge in [0.2, 0.25) is 0 Å². The smallest absolute Gasteiger partial charge is 0.405 e. The van der Waals surface area contributed by atoms with Gasteiger partial charge in [0.25, 0.3) is 0 Å². The molecule has 0 aliphatic rings. The largest absolute Gasteiger partial charge is 0.573 e. The van der Waals surface area contributed by atoms with Gasteiger partial charge < -0.3 is 10.5 Å². The van der Waals surface area contributed by atoms with E-state index in [1.807, 2.05) is 0 Å². The molecule has 0 radical (unpaired) electrons. The quantitative estimate of drug-likeness (QED) is 0.515. The lowest BCUT2D eigenvalue weighted by Crippen LogP contribution is -2.18. The normalized spacial score (nSPS) is 11.5. The molecule has 0 atom stereocenters. The van der Waals surface area contributed by atoms with Crippen LogP contribution in [0.15, 0.2) is 12.1 Å². The van der Waals surface area contributed by atoms with E-state index in [1.165, 1.54) is 0 Å². The van der Waals surface area contributed by atoms with Crippen molar-refractivity contribution in [3.8, 4) is 5.75 Å². The summed E-state index contributed by atoms with van der Waals surface area (Å²) in [6, 6.07) is 1.85. The van der Waals surface area contributed by atoms with Crippen molar-refractivity contribution in [2.45, 2.75) is 11.7 Å². The molecule has 0 amide bonds. The number of benzene rings is 1. The van der Waals surface area contributed by atoms with E-state index in [-0.39, 0.29) is 16.6 Å². The monoisotopic (exact) mass is 287 g/mol. The summed E-state index contributed by atoms with van der Waals surface area (Å²) in [5, 5.41) is -0.0927. The Balaban J connectivity index is 3.15. The summed E-state index contributed by atoms with van der Waals surface area (Å²) in [5.41, 5.74) is 4.85. The number of alkyl halides is 4. The number of hydrogen-bond acceptors (Lipinski definition) is 2. The summed E-state index contributed by atoms with van der Waals surface area (Å²) in [6.07, 6.45) is -4.86. The number of halogens is 5. The molecule has 0 bridgehead atoms. The van der Waals surface area contributed by atoms with Crippen LogP contribution in [-0.2, 0) is 5.33 Å². The maximum Gasteiger partial charge on any atom is 0.573 e. The fourth-order valence-corrected chi connectivity index (χ4v) is 1.52. The lowest BCUT2D eigenvalue weighted by atomic mass is 10.2. The zero-order valence-corrected chi connectivity index (χ0v) is 8.82. The van der Waals surface area contributed by atoms with Crippen LogP contribution in [0, 0.1) is 5.82 Å². The van der Waals surface area contributed by atoms with Crippen LogP contribution in [-0.4, -0.2) is 6.36 Å². The Labute approximate surface area is 91.1 Å². The van der Waals surface area contributed by atoms with Crippen molar-refractivity contribution in [2.75, 3.05) is 5.73 Å². The number of ether oxygens (including phenoxy) is 1. The zero-order chi connectivity index (χ0) is 11.6. The molecule has 1 aromatic rings. The highest BCUT2D eigenvalue weighted by Gasteiger charge is 2.32. The minimum absolute atomic E-state index is 0.0927. The highest BCUT2D eigenvalue weighted by molar-refractivity contribution is 9.08. The Kier molecular flexibility index (Phi) is 3.43. The molecule has 0 saturated heterocycles. The second kappa shape index (κ2) is 4.26. The van der Waals surface area contributed by atoms with Crippen LogP contribution in [0.25, 0.3) is 0 Å². The molecule has 0 heterocycles. The van der Waals surface area contributed by atoms with E-state index in [4.69, 9.17) is 5.73 Å². The lowest BCUT2D eigenvalue weighted by molar-refractivity contribution is -0.274. The second-order valence-electron chi connectivity index (χ2n) is 2.66. The molecule has 0 fully saturated rings. The van der Waals surface area contributed by atoms with Crippen LogP contribution < -0.4 is 10.5 Å². The van der Waals surface area contributed by atoms with Crippen molar-refractivity contribution in [3.05, 3.63) is 23.5 Å². The number of nitrogen functional groups attached to an aromatic ring is 1. The Morgan fingerprint density at radius 2 is 1.93 bits per heavy atom. The van der Waals surface area contributed by atoms with Crippen molar-refractivity contribution in [1.29, 1.82) is 0 Å². The van der Waals surface area contributed by atoms with E-state index in [0.717, 1.165) is 12.1 Å². The van der Waals surface area contributed by atoms with Crippen LogP contribution in [0.2, 0.25) is 0 Å². The summed E-state index contributed by atoms with van der Waals surface area (Å²) in [4.78, 5) is 0. The molecule has 84 valence electrons. The van der Waals surface area contributed by atoms with Crippen LogP contribution >= 0.6 is 15.9 Å². The van der Waals surface area contributed by atoms with Gasteiger partial charge >= 0.3 is 6.36 Å². The maximum atomic E-state index is 13.1. The van der Waals surface area contributed by atoms with Gasteiger partial charge in [0.15, 0.2) is 0 Å². The predicted molar refractivity (Wildman–Crippen MR) is 50.1 cm³/mol. The summed E-state index contributed by atoms with van der Waals surface area (Å²) in [7, 11) is 0. The van der Waals surface area contributed by atoms with Crippen LogP contribution in [0.5, 0.6) is 5.75 Å². The van der Waals surface area contributed by atoms with Crippen LogP contribution in [0.4, 0.5) is 23.2 Å². The Morgan fingerprint density at radius 3 is 2.40 bits per heavy atom. The molecule has 0 aliphatic carbocycles. The molecule has 0 saturated carbocycles. The highest BCUT2D eigenvalue weighted by atomic mass is 79.9. The Morgan fingerprint density at radius 1 is 1.33 bits per heavy atom. The van der Waals surface area contributed by atoms with Crippen LogP contribution in [0.1, 0.15) is 5.56 Å². The Hall–Kier alpha value is -0.980. The van der Waals surface area contributed by atoms with Gasteiger partial charge in [-0.2, -0.15) is 0 Å². The van der Waals surface area contributed by atoms with E-state index in [2.05, 4.69) is 20.7 Å². The molecule has 0 spiro atoms. The molecule has 0 aromatic heterocycles. The maximum absolute atomic E-state index is 13.1. The lowest BCUT2D eigenvalue weighted by Gasteiger charge is -2.13. The molecular weight excluding hydrogens is 282 g/mol. The van der Waals surface area contributed by atoms with Gasteiger partial charge in [0.1, 0.15) is 11.6 Å². The van der Waals surface area contributed by atoms with Crippen molar-refractivity contribution >= 4 is 21.6 Å². The number of hydrogen-bond donors (Lipinski definition) is 1. The summed E-state index contributed by atoms with van der Waals surface area (Å²) in [6.45, 7) is 0. The van der Waals surface area contributed by atoms with E-state index in [1.54, 1.807) is 0 Å². The number of nitrogens with two attached hydrogens (primary N) is 1. The summed E-state index contributed by atoms with van der Waals surface area (Å²) >= 11 is 2.86. The minimum atomic E-state index is -4.86. The van der Waals surface area contributed by atoms with Crippen molar-refractivity contribution < 1.29 is 22.3 Å². The molecule has 1 rings (SSSR count). The molecule has 0 aliphatic heterocycles. The third-order valence-electron chi connectivity index (χ3n) is 1.54. The highest BCUT2D eigenvalue weighted by Crippen LogP contribution is 2.31. The van der Waals surface area contributed by atoms with E-state index < -0.39 is 17.9 Å². The first kappa shape index (κ1) is 12.1. The minimum Gasteiger partial charge on any atom is -0.405 e. The molecule has 2 N–H and O–H groups in total. The molecule has 15 heavy (non-hydrogen) atoms. The Bertz CT molecular complexity index is 366. The second-order valence-corrected chi connectivity index (χ2v) is 3.22. The molecule has 1 aromatic carbocycles. The van der Waals surface area contributed by atoms with Gasteiger partial charge in [0.05, 0.1) is 0 Å². The van der Waals surface area contributed by atoms with Crippen molar-refractivity contribution in [1.82, 2.24) is 0 Å². The zero-order valence-electron chi connectivity index (χ0n) is 7.24. The van der Waals surface area contributed by atoms with Gasteiger partial charge in [0, 0.05) is 22.6 Å². The standard InChI is InChI=1S/C8H6BrF4NO/c9-3-5-6(10)1-4(14)2-7(5)15-8(11,12)13/h1-2H,3,14H2. The first-order chi connectivity index (χ1) is 6.83. The molecular formula is C8H6BrF4NO. The van der Waals surface area contributed by atoms with Crippen molar-refractivity contribution in [3.63, 3.8) is 0 Å².